The Balaban J connectivity index is 2.42. The van der Waals surface area contributed by atoms with Gasteiger partial charge in [0.15, 0.2) is 0 Å². The van der Waals surface area contributed by atoms with Crippen LogP contribution in [0.15, 0.2) is 18.2 Å². The monoisotopic (exact) mass is 246 g/mol. The molecule has 0 spiro atoms. The van der Waals surface area contributed by atoms with E-state index in [0.717, 1.165) is 17.8 Å². The number of fused-ring (bicyclic) bond motifs is 1. The van der Waals surface area contributed by atoms with Crippen LogP contribution in [0.25, 0.3) is 10.9 Å². The normalized spacial score (nSPS) is 12.1. The Bertz CT molecular complexity index is 549. The molecule has 2 rings (SSSR count). The van der Waals surface area contributed by atoms with Gasteiger partial charge < -0.3 is 15.0 Å². The first-order valence-corrected chi connectivity index (χ1v) is 6.31. The van der Waals surface area contributed by atoms with Gasteiger partial charge in [-0.05, 0) is 39.3 Å². The zero-order valence-corrected chi connectivity index (χ0v) is 11.8. The van der Waals surface area contributed by atoms with E-state index in [-0.39, 0.29) is 5.54 Å². The quantitative estimate of drug-likeness (QED) is 0.871. The van der Waals surface area contributed by atoms with Crippen molar-refractivity contribution < 1.29 is 4.74 Å². The minimum atomic E-state index is 0.120. The maximum absolute atomic E-state index is 5.39. The summed E-state index contributed by atoms with van der Waals surface area (Å²) in [6.07, 6.45) is 0. The number of rotatable bonds is 3. The minimum Gasteiger partial charge on any atom is -0.495 e. The van der Waals surface area contributed by atoms with Crippen molar-refractivity contribution in [1.82, 2.24) is 10.3 Å². The van der Waals surface area contributed by atoms with Crippen LogP contribution in [0.4, 0.5) is 0 Å². The molecule has 0 fully saturated rings. The number of methoxy groups -OCH3 is 1. The van der Waals surface area contributed by atoms with E-state index >= 15 is 0 Å². The number of hydrogen-bond donors (Lipinski definition) is 2. The molecule has 1 aromatic heterocycles. The lowest BCUT2D eigenvalue weighted by Crippen LogP contribution is -2.35. The van der Waals surface area contributed by atoms with Crippen molar-refractivity contribution in [2.75, 3.05) is 7.11 Å². The largest absolute Gasteiger partial charge is 0.495 e. The molecule has 0 bridgehead atoms. The minimum absolute atomic E-state index is 0.120. The fourth-order valence-electron chi connectivity index (χ4n) is 2.13. The molecule has 2 N–H and O–H groups in total. The highest BCUT2D eigenvalue weighted by Crippen LogP contribution is 2.29. The molecule has 0 atom stereocenters. The van der Waals surface area contributed by atoms with Crippen molar-refractivity contribution in [1.29, 1.82) is 0 Å². The second-order valence-electron chi connectivity index (χ2n) is 5.71. The van der Waals surface area contributed by atoms with Crippen molar-refractivity contribution >= 4 is 10.9 Å². The lowest BCUT2D eigenvalue weighted by Gasteiger charge is -2.20. The van der Waals surface area contributed by atoms with Crippen molar-refractivity contribution in [2.24, 2.45) is 0 Å². The first-order valence-electron chi connectivity index (χ1n) is 6.31. The molecular weight excluding hydrogens is 224 g/mol. The number of H-pyrrole nitrogens is 1. The van der Waals surface area contributed by atoms with Crippen LogP contribution in [-0.2, 0) is 6.54 Å². The van der Waals surface area contributed by atoms with Crippen molar-refractivity contribution in [3.8, 4) is 5.75 Å². The molecule has 0 saturated heterocycles. The first kappa shape index (κ1) is 13.0. The Morgan fingerprint density at radius 3 is 2.61 bits per heavy atom. The van der Waals surface area contributed by atoms with Crippen LogP contribution in [0.1, 0.15) is 32.0 Å². The fourth-order valence-corrected chi connectivity index (χ4v) is 2.13. The molecular formula is C15H22N2O. The second kappa shape index (κ2) is 4.65. The van der Waals surface area contributed by atoms with E-state index in [1.807, 2.05) is 12.1 Å². The number of hydrogen-bond acceptors (Lipinski definition) is 2. The number of para-hydroxylation sites is 1. The highest BCUT2D eigenvalue weighted by Gasteiger charge is 2.14. The third-order valence-electron chi connectivity index (χ3n) is 3.13. The zero-order chi connectivity index (χ0) is 13.3. The Kier molecular flexibility index (Phi) is 3.35. The lowest BCUT2D eigenvalue weighted by molar-refractivity contribution is 0.419. The molecule has 0 saturated carbocycles. The summed E-state index contributed by atoms with van der Waals surface area (Å²) in [6, 6.07) is 6.16. The van der Waals surface area contributed by atoms with Crippen molar-refractivity contribution in [3.63, 3.8) is 0 Å². The molecule has 1 heterocycles. The number of nitrogens with one attached hydrogen (secondary N) is 2. The summed E-state index contributed by atoms with van der Waals surface area (Å²) in [5, 5.41) is 4.77. The number of aromatic nitrogens is 1. The maximum atomic E-state index is 5.39. The van der Waals surface area contributed by atoms with Crippen LogP contribution in [0, 0.1) is 6.92 Å². The van der Waals surface area contributed by atoms with E-state index in [2.05, 4.69) is 44.1 Å². The molecule has 2 aromatic rings. The predicted molar refractivity (Wildman–Crippen MR) is 76.2 cm³/mol. The Morgan fingerprint density at radius 1 is 1.28 bits per heavy atom. The zero-order valence-electron chi connectivity index (χ0n) is 11.8. The lowest BCUT2D eigenvalue weighted by atomic mass is 10.1. The van der Waals surface area contributed by atoms with Gasteiger partial charge in [-0.1, -0.05) is 12.1 Å². The third-order valence-corrected chi connectivity index (χ3v) is 3.13. The molecule has 0 amide bonds. The Labute approximate surface area is 109 Å². The van der Waals surface area contributed by atoms with E-state index < -0.39 is 0 Å². The highest BCUT2D eigenvalue weighted by atomic mass is 16.5. The summed E-state index contributed by atoms with van der Waals surface area (Å²) >= 11 is 0. The molecule has 0 aliphatic rings. The summed E-state index contributed by atoms with van der Waals surface area (Å²) in [4.78, 5) is 3.42. The van der Waals surface area contributed by atoms with Crippen molar-refractivity contribution in [3.05, 3.63) is 29.5 Å². The third kappa shape index (κ3) is 2.51. The highest BCUT2D eigenvalue weighted by molar-refractivity contribution is 5.89. The second-order valence-corrected chi connectivity index (χ2v) is 5.71. The fraction of sp³-hybridized carbons (Fsp3) is 0.467. The van der Waals surface area contributed by atoms with Gasteiger partial charge in [0, 0.05) is 23.2 Å². The number of ether oxygens (including phenoxy) is 1. The van der Waals surface area contributed by atoms with E-state index in [1.54, 1.807) is 7.11 Å². The van der Waals surface area contributed by atoms with Crippen LogP contribution in [0.3, 0.4) is 0 Å². The van der Waals surface area contributed by atoms with Gasteiger partial charge in [-0.2, -0.15) is 0 Å². The predicted octanol–water partition coefficient (Wildman–Crippen LogP) is 3.37. The average Bonchev–Trinajstić information content (AvgIpc) is 2.61. The summed E-state index contributed by atoms with van der Waals surface area (Å²) in [7, 11) is 1.71. The van der Waals surface area contributed by atoms with Crippen molar-refractivity contribution in [2.45, 2.75) is 39.8 Å². The maximum Gasteiger partial charge on any atom is 0.142 e. The van der Waals surface area contributed by atoms with Gasteiger partial charge in [-0.25, -0.2) is 0 Å². The molecule has 0 aliphatic heterocycles. The molecule has 18 heavy (non-hydrogen) atoms. The van der Waals surface area contributed by atoms with E-state index in [4.69, 9.17) is 4.74 Å². The van der Waals surface area contributed by atoms with Gasteiger partial charge in [0.1, 0.15) is 5.75 Å². The van der Waals surface area contributed by atoms with Crippen LogP contribution >= 0.6 is 0 Å². The molecule has 0 radical (unpaired) electrons. The van der Waals surface area contributed by atoms with Gasteiger partial charge in [0.25, 0.3) is 0 Å². The molecule has 1 aromatic carbocycles. The van der Waals surface area contributed by atoms with Gasteiger partial charge in [0.2, 0.25) is 0 Å². The van der Waals surface area contributed by atoms with E-state index in [0.29, 0.717) is 0 Å². The summed E-state index contributed by atoms with van der Waals surface area (Å²) in [5.74, 6) is 0.901. The first-order chi connectivity index (χ1) is 8.42. The van der Waals surface area contributed by atoms with E-state index in [9.17, 15) is 0 Å². The van der Waals surface area contributed by atoms with Crippen LogP contribution in [0.5, 0.6) is 5.75 Å². The van der Waals surface area contributed by atoms with Gasteiger partial charge in [-0.3, -0.25) is 0 Å². The smallest absolute Gasteiger partial charge is 0.142 e. The number of benzene rings is 1. The van der Waals surface area contributed by atoms with Gasteiger partial charge in [-0.15, -0.1) is 0 Å². The standard InChI is InChI=1S/C15H22N2O/c1-10-12(9-16-15(2,3)4)11-7-6-8-13(18-5)14(11)17-10/h6-8,16-17H,9H2,1-5H3. The van der Waals surface area contributed by atoms with Gasteiger partial charge >= 0.3 is 0 Å². The summed E-state index contributed by atoms with van der Waals surface area (Å²) < 4.78 is 5.39. The van der Waals surface area contributed by atoms with Crippen LogP contribution in [0.2, 0.25) is 0 Å². The number of aromatic amines is 1. The van der Waals surface area contributed by atoms with Crippen LogP contribution in [-0.4, -0.2) is 17.6 Å². The summed E-state index contributed by atoms with van der Waals surface area (Å²) in [5.41, 5.74) is 3.72. The summed E-state index contributed by atoms with van der Waals surface area (Å²) in [6.45, 7) is 9.51. The van der Waals surface area contributed by atoms with E-state index in [1.165, 1.54) is 16.6 Å². The van der Waals surface area contributed by atoms with Crippen LogP contribution < -0.4 is 10.1 Å². The molecule has 3 heteroatoms. The molecule has 98 valence electrons. The molecule has 3 nitrogen and oxygen atoms in total. The molecule has 0 unspecified atom stereocenters. The topological polar surface area (TPSA) is 37.0 Å². The van der Waals surface area contributed by atoms with Gasteiger partial charge in [0.05, 0.1) is 12.6 Å². The Hall–Kier alpha value is -1.48. The molecule has 0 aliphatic carbocycles. The SMILES string of the molecule is COc1cccc2c(CNC(C)(C)C)c(C)[nH]c12. The average molecular weight is 246 g/mol. The number of aryl methyl sites for hydroxylation is 1. The Morgan fingerprint density at radius 2 is 2.00 bits per heavy atom.